The molecule has 0 saturated carbocycles. The molecule has 3 N–H and O–H groups in total. The van der Waals surface area contributed by atoms with Gasteiger partial charge in [0.1, 0.15) is 11.6 Å². The summed E-state index contributed by atoms with van der Waals surface area (Å²) in [4.78, 5) is 0. The highest BCUT2D eigenvalue weighted by Gasteiger charge is 2.05. The van der Waals surface area contributed by atoms with E-state index in [1.54, 1.807) is 24.9 Å². The maximum Gasteiger partial charge on any atom is 0.122 e. The Morgan fingerprint density at radius 2 is 2.29 bits per heavy atom. The van der Waals surface area contributed by atoms with Crippen LogP contribution in [-0.4, -0.2) is 19.2 Å². The van der Waals surface area contributed by atoms with Gasteiger partial charge in [-0.25, -0.2) is 0 Å². The molecule has 0 heterocycles. The zero-order valence-corrected chi connectivity index (χ0v) is 9.15. The lowest BCUT2D eigenvalue weighted by atomic mass is 10.1. The summed E-state index contributed by atoms with van der Waals surface area (Å²) in [7, 11) is 1.65. The Morgan fingerprint density at radius 1 is 1.57 bits per heavy atom. The van der Waals surface area contributed by atoms with Crippen molar-refractivity contribution in [1.29, 1.82) is 5.41 Å². The largest absolute Gasteiger partial charge is 0.496 e. The molecule has 1 rings (SSSR count). The van der Waals surface area contributed by atoms with Crippen LogP contribution in [0.2, 0.25) is 0 Å². The quantitative estimate of drug-likeness (QED) is 0.589. The van der Waals surface area contributed by atoms with Gasteiger partial charge in [-0.15, -0.1) is 0 Å². The van der Waals surface area contributed by atoms with Gasteiger partial charge in [-0.05, 0) is 24.5 Å². The number of hydrogen-bond donors (Lipinski definition) is 2. The third-order valence-electron chi connectivity index (χ3n) is 1.89. The molecule has 76 valence electrons. The first-order valence-electron chi connectivity index (χ1n) is 4.19. The lowest BCUT2D eigenvalue weighted by Gasteiger charge is -2.08. The first kappa shape index (κ1) is 10.9. The van der Waals surface area contributed by atoms with E-state index in [0.29, 0.717) is 0 Å². The molecule has 0 aliphatic rings. The molecule has 0 saturated heterocycles. The van der Waals surface area contributed by atoms with Crippen LogP contribution < -0.4 is 10.5 Å². The Balaban J connectivity index is 3.07. The van der Waals surface area contributed by atoms with E-state index in [1.807, 2.05) is 18.4 Å². The molecule has 0 radical (unpaired) electrons. The second-order valence-electron chi connectivity index (χ2n) is 2.87. The van der Waals surface area contributed by atoms with Crippen molar-refractivity contribution < 1.29 is 4.74 Å². The summed E-state index contributed by atoms with van der Waals surface area (Å²) in [6, 6.07) is 5.55. The van der Waals surface area contributed by atoms with E-state index in [2.05, 4.69) is 0 Å². The zero-order chi connectivity index (χ0) is 10.6. The van der Waals surface area contributed by atoms with E-state index >= 15 is 0 Å². The molecule has 0 atom stereocenters. The fourth-order valence-corrected chi connectivity index (χ4v) is 1.75. The predicted octanol–water partition coefficient (Wildman–Crippen LogP) is 1.84. The summed E-state index contributed by atoms with van der Waals surface area (Å²) >= 11 is 1.71. The number of thioether (sulfide) groups is 1. The molecular formula is C10H14N2OS. The molecule has 1 aromatic carbocycles. The number of benzene rings is 1. The minimum Gasteiger partial charge on any atom is -0.496 e. The molecule has 0 spiro atoms. The van der Waals surface area contributed by atoms with Gasteiger partial charge in [-0.1, -0.05) is 0 Å². The molecule has 0 unspecified atom stereocenters. The topological polar surface area (TPSA) is 59.1 Å². The lowest BCUT2D eigenvalue weighted by Crippen LogP contribution is -2.11. The van der Waals surface area contributed by atoms with Crippen LogP contribution in [0.15, 0.2) is 18.2 Å². The molecule has 0 bridgehead atoms. The van der Waals surface area contributed by atoms with Gasteiger partial charge in [-0.3, -0.25) is 5.41 Å². The maximum atomic E-state index is 7.32. The Hall–Kier alpha value is -1.16. The summed E-state index contributed by atoms with van der Waals surface area (Å²) < 4.78 is 5.21. The van der Waals surface area contributed by atoms with Gasteiger partial charge < -0.3 is 10.5 Å². The van der Waals surface area contributed by atoms with E-state index in [-0.39, 0.29) is 5.84 Å². The third-order valence-corrected chi connectivity index (χ3v) is 2.49. The summed E-state index contributed by atoms with van der Waals surface area (Å²) in [6.45, 7) is 0. The van der Waals surface area contributed by atoms with Gasteiger partial charge >= 0.3 is 0 Å². The highest BCUT2D eigenvalue weighted by Crippen LogP contribution is 2.23. The van der Waals surface area contributed by atoms with Crippen LogP contribution in [0.3, 0.4) is 0 Å². The highest BCUT2D eigenvalue weighted by molar-refractivity contribution is 7.97. The van der Waals surface area contributed by atoms with Crippen molar-refractivity contribution in [2.75, 3.05) is 13.4 Å². The second kappa shape index (κ2) is 4.91. The van der Waals surface area contributed by atoms with Gasteiger partial charge in [0.15, 0.2) is 0 Å². The lowest BCUT2D eigenvalue weighted by molar-refractivity contribution is 0.411. The van der Waals surface area contributed by atoms with Gasteiger partial charge in [0.05, 0.1) is 7.11 Å². The van der Waals surface area contributed by atoms with Gasteiger partial charge in [0, 0.05) is 16.9 Å². The fourth-order valence-electron chi connectivity index (χ4n) is 1.21. The second-order valence-corrected chi connectivity index (χ2v) is 3.74. The normalized spacial score (nSPS) is 9.86. The number of nitrogens with one attached hydrogen (secondary N) is 1. The average molecular weight is 210 g/mol. The van der Waals surface area contributed by atoms with E-state index < -0.39 is 0 Å². The summed E-state index contributed by atoms with van der Waals surface area (Å²) in [5.74, 6) is 1.81. The first-order chi connectivity index (χ1) is 6.69. The summed E-state index contributed by atoms with van der Waals surface area (Å²) in [5, 5.41) is 7.32. The van der Waals surface area contributed by atoms with Crippen molar-refractivity contribution in [1.82, 2.24) is 0 Å². The number of rotatable bonds is 4. The Labute approximate surface area is 88.2 Å². The standard InChI is InChI=1S/C10H14N2OS/c1-13-9-4-3-7(10(11)12)5-8(9)6-14-2/h3-5H,6H2,1-2H3,(H3,11,12). The minimum atomic E-state index is 0.0926. The third kappa shape index (κ3) is 2.42. The molecular weight excluding hydrogens is 196 g/mol. The molecule has 14 heavy (non-hydrogen) atoms. The molecule has 4 heteroatoms. The number of hydrogen-bond acceptors (Lipinski definition) is 3. The smallest absolute Gasteiger partial charge is 0.122 e. The summed E-state index contributed by atoms with van der Waals surface area (Å²) in [5.41, 5.74) is 7.23. The van der Waals surface area contributed by atoms with Crippen LogP contribution in [-0.2, 0) is 5.75 Å². The van der Waals surface area contributed by atoms with Crippen LogP contribution in [0.4, 0.5) is 0 Å². The van der Waals surface area contributed by atoms with Crippen molar-refractivity contribution in [3.8, 4) is 5.75 Å². The fraction of sp³-hybridized carbons (Fsp3) is 0.300. The minimum absolute atomic E-state index is 0.0926. The van der Waals surface area contributed by atoms with E-state index in [0.717, 1.165) is 22.6 Å². The zero-order valence-electron chi connectivity index (χ0n) is 8.33. The van der Waals surface area contributed by atoms with Gasteiger partial charge in [-0.2, -0.15) is 11.8 Å². The number of amidine groups is 1. The molecule has 3 nitrogen and oxygen atoms in total. The number of ether oxygens (including phenoxy) is 1. The predicted molar refractivity (Wildman–Crippen MR) is 61.2 cm³/mol. The molecule has 0 aromatic heterocycles. The van der Waals surface area contributed by atoms with Crippen LogP contribution in [0.5, 0.6) is 5.75 Å². The van der Waals surface area contributed by atoms with E-state index in [1.165, 1.54) is 0 Å². The maximum absolute atomic E-state index is 7.32. The summed E-state index contributed by atoms with van der Waals surface area (Å²) in [6.07, 6.45) is 2.03. The highest BCUT2D eigenvalue weighted by atomic mass is 32.2. The van der Waals surface area contributed by atoms with E-state index in [4.69, 9.17) is 15.9 Å². The van der Waals surface area contributed by atoms with Crippen molar-refractivity contribution in [2.24, 2.45) is 5.73 Å². The monoisotopic (exact) mass is 210 g/mol. The van der Waals surface area contributed by atoms with Crippen LogP contribution in [0.25, 0.3) is 0 Å². The van der Waals surface area contributed by atoms with Crippen molar-refractivity contribution in [3.63, 3.8) is 0 Å². The number of methoxy groups -OCH3 is 1. The molecule has 0 fully saturated rings. The molecule has 1 aromatic rings. The number of nitrogens with two attached hydrogens (primary N) is 1. The van der Waals surface area contributed by atoms with Crippen molar-refractivity contribution >= 4 is 17.6 Å². The van der Waals surface area contributed by atoms with Crippen LogP contribution in [0, 0.1) is 5.41 Å². The van der Waals surface area contributed by atoms with Crippen molar-refractivity contribution in [2.45, 2.75) is 5.75 Å². The SMILES string of the molecule is COc1ccc(C(=N)N)cc1CSC. The Bertz CT molecular complexity index is 339. The average Bonchev–Trinajstić information content (AvgIpc) is 2.18. The molecule has 0 amide bonds. The molecule has 0 aliphatic heterocycles. The number of nitrogen functional groups attached to an aromatic ring is 1. The van der Waals surface area contributed by atoms with E-state index in [9.17, 15) is 0 Å². The van der Waals surface area contributed by atoms with Gasteiger partial charge in [0.2, 0.25) is 0 Å². The molecule has 0 aliphatic carbocycles. The Kier molecular flexibility index (Phi) is 3.83. The van der Waals surface area contributed by atoms with Crippen LogP contribution >= 0.6 is 11.8 Å². The van der Waals surface area contributed by atoms with Gasteiger partial charge in [0.25, 0.3) is 0 Å². The van der Waals surface area contributed by atoms with Crippen molar-refractivity contribution in [3.05, 3.63) is 29.3 Å². The Morgan fingerprint density at radius 3 is 2.79 bits per heavy atom. The first-order valence-corrected chi connectivity index (χ1v) is 5.58. The van der Waals surface area contributed by atoms with Crippen LogP contribution in [0.1, 0.15) is 11.1 Å².